The van der Waals surface area contributed by atoms with Gasteiger partial charge >= 0.3 is 5.97 Å². The molecule has 2 aliphatic rings. The summed E-state index contributed by atoms with van der Waals surface area (Å²) >= 11 is 1.75. The van der Waals surface area contributed by atoms with Crippen LogP contribution in [0.15, 0.2) is 60.0 Å². The first-order valence-corrected chi connectivity index (χ1v) is 11.8. The van der Waals surface area contributed by atoms with Gasteiger partial charge in [-0.15, -0.1) is 11.8 Å². The number of carbonyl (C=O) groups is 1. The molecule has 2 aromatic rings. The Labute approximate surface area is 188 Å². The van der Waals surface area contributed by atoms with Crippen LogP contribution in [0.5, 0.6) is 0 Å². The molecule has 0 radical (unpaired) electrons. The number of rotatable bonds is 7. The van der Waals surface area contributed by atoms with E-state index in [1.807, 2.05) is 12.1 Å². The molecule has 0 unspecified atom stereocenters. The number of hydrogen-bond acceptors (Lipinski definition) is 6. The van der Waals surface area contributed by atoms with Crippen LogP contribution >= 0.6 is 11.8 Å². The Hall–Kier alpha value is -2.67. The lowest BCUT2D eigenvalue weighted by atomic mass is 9.76. The predicted octanol–water partition coefficient (Wildman–Crippen LogP) is 3.72. The Morgan fingerprint density at radius 3 is 2.58 bits per heavy atom. The second kappa shape index (κ2) is 9.22. The number of piperidine rings is 1. The number of hydrogen-bond donors (Lipinski definition) is 2. The molecule has 3 heterocycles. The molecule has 0 amide bonds. The van der Waals surface area contributed by atoms with E-state index < -0.39 is 11.4 Å². The van der Waals surface area contributed by atoms with E-state index in [4.69, 9.17) is 5.73 Å². The Morgan fingerprint density at radius 1 is 1.16 bits per heavy atom. The van der Waals surface area contributed by atoms with Crippen molar-refractivity contribution in [3.63, 3.8) is 0 Å². The molecule has 1 fully saturated rings. The molecule has 1 aromatic carbocycles. The van der Waals surface area contributed by atoms with Gasteiger partial charge in [-0.1, -0.05) is 12.6 Å². The molecular formula is C24H30N4O2S. The zero-order valence-corrected chi connectivity index (χ0v) is 18.6. The Balaban J connectivity index is 1.35. The molecule has 7 heteroatoms. The SMILES string of the molecule is C=C(N)N1CCc2ccc(SCCC3(C(=O)O)CCN(c4ccncc4)CC3)cc2C1. The lowest BCUT2D eigenvalue weighted by molar-refractivity contribution is -0.150. The van der Waals surface area contributed by atoms with E-state index in [-0.39, 0.29) is 0 Å². The molecule has 31 heavy (non-hydrogen) atoms. The fourth-order valence-electron chi connectivity index (χ4n) is 4.55. The van der Waals surface area contributed by atoms with Gasteiger partial charge in [-0.05, 0) is 66.8 Å². The minimum atomic E-state index is -0.662. The topological polar surface area (TPSA) is 82.7 Å². The summed E-state index contributed by atoms with van der Waals surface area (Å²) in [6.07, 6.45) is 6.57. The van der Waals surface area contributed by atoms with Crippen LogP contribution in [0.4, 0.5) is 5.69 Å². The number of carboxylic acids is 1. The van der Waals surface area contributed by atoms with Crippen LogP contribution < -0.4 is 10.6 Å². The molecule has 1 saturated heterocycles. The maximum atomic E-state index is 12.2. The van der Waals surface area contributed by atoms with Gasteiger partial charge in [0.15, 0.2) is 0 Å². The summed E-state index contributed by atoms with van der Waals surface area (Å²) in [5, 5.41) is 10.0. The number of nitrogens with two attached hydrogens (primary N) is 1. The number of aromatic nitrogens is 1. The zero-order valence-electron chi connectivity index (χ0n) is 17.8. The van der Waals surface area contributed by atoms with Gasteiger partial charge in [0, 0.05) is 49.2 Å². The summed E-state index contributed by atoms with van der Waals surface area (Å²) in [6, 6.07) is 10.6. The Kier molecular flexibility index (Phi) is 6.41. The molecule has 164 valence electrons. The van der Waals surface area contributed by atoms with Crippen molar-refractivity contribution in [3.05, 3.63) is 66.3 Å². The summed E-state index contributed by atoms with van der Waals surface area (Å²) in [5.41, 5.74) is 9.02. The van der Waals surface area contributed by atoms with Gasteiger partial charge in [-0.25, -0.2) is 0 Å². The van der Waals surface area contributed by atoms with Crippen molar-refractivity contribution in [2.24, 2.45) is 11.1 Å². The van der Waals surface area contributed by atoms with Crippen molar-refractivity contribution in [1.82, 2.24) is 9.88 Å². The first kappa shape index (κ1) is 21.6. The van der Waals surface area contributed by atoms with Gasteiger partial charge < -0.3 is 20.6 Å². The van der Waals surface area contributed by atoms with Crippen molar-refractivity contribution < 1.29 is 9.90 Å². The van der Waals surface area contributed by atoms with Crippen LogP contribution in [0.2, 0.25) is 0 Å². The summed E-state index contributed by atoms with van der Waals surface area (Å²) in [6.45, 7) is 7.09. The molecule has 0 bridgehead atoms. The monoisotopic (exact) mass is 438 g/mol. The number of pyridine rings is 1. The molecule has 0 atom stereocenters. The minimum Gasteiger partial charge on any atom is -0.481 e. The number of carboxylic acid groups (broad SMARTS) is 1. The lowest BCUT2D eigenvalue weighted by Gasteiger charge is -2.40. The predicted molar refractivity (Wildman–Crippen MR) is 125 cm³/mol. The maximum absolute atomic E-state index is 12.2. The summed E-state index contributed by atoms with van der Waals surface area (Å²) in [5.74, 6) is 0.753. The molecule has 0 aliphatic carbocycles. The Bertz CT molecular complexity index is 942. The van der Waals surface area contributed by atoms with E-state index in [9.17, 15) is 9.90 Å². The van der Waals surface area contributed by atoms with E-state index >= 15 is 0 Å². The molecule has 0 saturated carbocycles. The van der Waals surface area contributed by atoms with E-state index in [1.165, 1.54) is 16.0 Å². The third-order valence-corrected chi connectivity index (χ3v) is 7.64. The number of nitrogens with zero attached hydrogens (tertiary/aromatic N) is 3. The van der Waals surface area contributed by atoms with Gasteiger partial charge in [0.05, 0.1) is 11.2 Å². The van der Waals surface area contributed by atoms with Crippen LogP contribution in [0.1, 0.15) is 30.4 Å². The number of thioether (sulfide) groups is 1. The van der Waals surface area contributed by atoms with E-state index in [1.54, 1.807) is 24.2 Å². The molecule has 0 spiro atoms. The molecule has 3 N–H and O–H groups in total. The zero-order chi connectivity index (χ0) is 21.8. The molecule has 2 aliphatic heterocycles. The molecule has 6 nitrogen and oxygen atoms in total. The summed E-state index contributed by atoms with van der Waals surface area (Å²) < 4.78 is 0. The Morgan fingerprint density at radius 2 is 1.90 bits per heavy atom. The second-order valence-corrected chi connectivity index (χ2v) is 9.64. The number of benzene rings is 1. The van der Waals surface area contributed by atoms with E-state index in [0.29, 0.717) is 25.1 Å². The maximum Gasteiger partial charge on any atom is 0.309 e. The standard InChI is InChI=1S/C24H30N4O2S/c1-18(25)28-12-6-19-2-3-22(16-20(19)17-28)31-15-9-24(23(29)30)7-13-27(14-8-24)21-4-10-26-11-5-21/h2-5,10-11,16H,1,6-9,12-15,17,25H2,(H,29,30). The average molecular weight is 439 g/mol. The highest BCUT2D eigenvalue weighted by molar-refractivity contribution is 7.99. The molecule has 1 aromatic heterocycles. The summed E-state index contributed by atoms with van der Waals surface area (Å²) in [4.78, 5) is 21.8. The van der Waals surface area contributed by atoms with Crippen LogP contribution in [0.25, 0.3) is 0 Å². The van der Waals surface area contributed by atoms with Crippen LogP contribution in [-0.2, 0) is 17.8 Å². The van der Waals surface area contributed by atoms with E-state index in [2.05, 4.69) is 39.6 Å². The van der Waals surface area contributed by atoms with Crippen molar-refractivity contribution in [3.8, 4) is 0 Å². The fourth-order valence-corrected chi connectivity index (χ4v) is 5.67. The molecule has 4 rings (SSSR count). The van der Waals surface area contributed by atoms with Crippen molar-refractivity contribution in [1.29, 1.82) is 0 Å². The summed E-state index contributed by atoms with van der Waals surface area (Å²) in [7, 11) is 0. The highest BCUT2D eigenvalue weighted by Crippen LogP contribution is 2.39. The average Bonchev–Trinajstić information content (AvgIpc) is 2.79. The van der Waals surface area contributed by atoms with Gasteiger partial charge in [0.1, 0.15) is 0 Å². The van der Waals surface area contributed by atoms with Crippen LogP contribution in [0.3, 0.4) is 0 Å². The fraction of sp³-hybridized carbons (Fsp3) is 0.417. The quantitative estimate of drug-likeness (QED) is 0.638. The largest absolute Gasteiger partial charge is 0.481 e. The highest BCUT2D eigenvalue weighted by atomic mass is 32.2. The van der Waals surface area contributed by atoms with Gasteiger partial charge in [-0.2, -0.15) is 0 Å². The van der Waals surface area contributed by atoms with Crippen molar-refractivity contribution >= 4 is 23.4 Å². The molecular weight excluding hydrogens is 408 g/mol. The lowest BCUT2D eigenvalue weighted by Crippen LogP contribution is -2.44. The smallest absolute Gasteiger partial charge is 0.309 e. The van der Waals surface area contributed by atoms with Crippen molar-refractivity contribution in [2.45, 2.75) is 37.1 Å². The normalized spacial score (nSPS) is 17.8. The van der Waals surface area contributed by atoms with Gasteiger partial charge in [0.25, 0.3) is 0 Å². The van der Waals surface area contributed by atoms with E-state index in [0.717, 1.165) is 44.0 Å². The third-order valence-electron chi connectivity index (χ3n) is 6.65. The van der Waals surface area contributed by atoms with Crippen LogP contribution in [0, 0.1) is 5.41 Å². The highest BCUT2D eigenvalue weighted by Gasteiger charge is 2.41. The first-order valence-electron chi connectivity index (χ1n) is 10.8. The number of fused-ring (bicyclic) bond motifs is 1. The number of anilines is 1. The second-order valence-electron chi connectivity index (χ2n) is 8.47. The third kappa shape index (κ3) is 4.82. The van der Waals surface area contributed by atoms with Gasteiger partial charge in [-0.3, -0.25) is 9.78 Å². The first-order chi connectivity index (χ1) is 15.0. The minimum absolute atomic E-state index is 0.616. The van der Waals surface area contributed by atoms with Crippen molar-refractivity contribution in [2.75, 3.05) is 30.3 Å². The number of aliphatic carboxylic acids is 1. The van der Waals surface area contributed by atoms with Crippen LogP contribution in [-0.4, -0.2) is 46.3 Å². The van der Waals surface area contributed by atoms with Gasteiger partial charge in [0.2, 0.25) is 0 Å².